The van der Waals surface area contributed by atoms with Crippen LogP contribution in [-0.2, 0) is 6.42 Å². The minimum Gasteiger partial charge on any atom is -0.495 e. The van der Waals surface area contributed by atoms with Crippen molar-refractivity contribution in [1.29, 1.82) is 0 Å². The molecule has 0 bridgehead atoms. The molecule has 0 aliphatic carbocycles. The fraction of sp³-hybridized carbons (Fsp3) is 0.417. The third-order valence-electron chi connectivity index (χ3n) is 6.96. The number of fused-ring (bicyclic) bond motifs is 5. The molecule has 6 rings (SSSR count). The Kier molecular flexibility index (Phi) is 4.47. The van der Waals surface area contributed by atoms with Gasteiger partial charge in [0, 0.05) is 49.5 Å². The first kappa shape index (κ1) is 19.1. The topological polar surface area (TPSA) is 37.4 Å². The van der Waals surface area contributed by atoms with E-state index in [1.807, 2.05) is 4.42 Å². The zero-order valence-corrected chi connectivity index (χ0v) is 18.6. The van der Waals surface area contributed by atoms with Gasteiger partial charge >= 0.3 is 0 Å². The summed E-state index contributed by atoms with van der Waals surface area (Å²) in [5.74, 6) is 2.64. The van der Waals surface area contributed by atoms with Crippen molar-refractivity contribution in [3.05, 3.63) is 46.5 Å². The molecule has 0 radical (unpaired) electrons. The summed E-state index contributed by atoms with van der Waals surface area (Å²) in [6.07, 6.45) is 3.32. The maximum absolute atomic E-state index is 6.23. The van der Waals surface area contributed by atoms with Gasteiger partial charge in [-0.15, -0.1) is 0 Å². The molecule has 1 saturated heterocycles. The van der Waals surface area contributed by atoms with Gasteiger partial charge in [-0.2, -0.15) is 0 Å². The molecule has 0 amide bonds. The maximum Gasteiger partial charge on any atom is 0.231 e. The molecule has 4 heterocycles. The van der Waals surface area contributed by atoms with Gasteiger partial charge in [-0.1, -0.05) is 6.07 Å². The normalized spacial score (nSPS) is 21.9. The number of nitrogens with zero attached hydrogens (tertiary/aromatic N) is 3. The smallest absolute Gasteiger partial charge is 0.231 e. The van der Waals surface area contributed by atoms with Crippen LogP contribution in [0.3, 0.4) is 0 Å². The van der Waals surface area contributed by atoms with Gasteiger partial charge in [-0.25, -0.2) is 4.42 Å². The second kappa shape index (κ2) is 7.24. The number of hydrogen-bond donors (Lipinski definition) is 0. The van der Waals surface area contributed by atoms with Crippen molar-refractivity contribution < 1.29 is 14.2 Å². The molecular formula is C24H26ClN3O3. The molecule has 6 nitrogen and oxygen atoms in total. The first-order valence-corrected chi connectivity index (χ1v) is 11.3. The average Bonchev–Trinajstić information content (AvgIpc) is 3.25. The lowest BCUT2D eigenvalue weighted by Crippen LogP contribution is -2.44. The standard InChI is InChI=1S/C24H26ClN3O3/c1-15-23-17(3-4-20(29-2)24(23)26-7-9-27(25)10-8-26)11-19-18-13-22-21(30-14-31-22)12-16(18)5-6-28(15)19/h3-4,11-13,15H,5-10,14H2,1-2H3/t15-/m1/s1. The molecule has 7 heteroatoms. The van der Waals surface area contributed by atoms with Crippen molar-refractivity contribution in [2.45, 2.75) is 19.4 Å². The molecule has 4 aliphatic rings. The number of hydrogen-bond acceptors (Lipinski definition) is 6. The number of rotatable bonds is 2. The van der Waals surface area contributed by atoms with Crippen molar-refractivity contribution in [2.75, 3.05) is 51.5 Å². The molecular weight excluding hydrogens is 414 g/mol. The van der Waals surface area contributed by atoms with Gasteiger partial charge in [0.05, 0.1) is 18.8 Å². The van der Waals surface area contributed by atoms with Crippen LogP contribution in [0.1, 0.15) is 35.2 Å². The minimum absolute atomic E-state index is 0.243. The number of ether oxygens (including phenoxy) is 3. The van der Waals surface area contributed by atoms with Crippen molar-refractivity contribution in [1.82, 2.24) is 9.32 Å². The van der Waals surface area contributed by atoms with Crippen molar-refractivity contribution in [3.8, 4) is 17.2 Å². The molecule has 0 N–H and O–H groups in total. The molecule has 1 fully saturated rings. The highest BCUT2D eigenvalue weighted by atomic mass is 35.5. The molecule has 2 aromatic rings. The summed E-state index contributed by atoms with van der Waals surface area (Å²) < 4.78 is 19.0. The summed E-state index contributed by atoms with van der Waals surface area (Å²) in [6.45, 7) is 7.06. The van der Waals surface area contributed by atoms with E-state index in [1.165, 1.54) is 33.6 Å². The predicted molar refractivity (Wildman–Crippen MR) is 122 cm³/mol. The third kappa shape index (κ3) is 2.96. The fourth-order valence-corrected chi connectivity index (χ4v) is 5.53. The largest absolute Gasteiger partial charge is 0.495 e. The van der Waals surface area contributed by atoms with E-state index in [-0.39, 0.29) is 6.04 Å². The van der Waals surface area contributed by atoms with Crippen LogP contribution < -0.4 is 19.1 Å². The molecule has 0 unspecified atom stereocenters. The van der Waals surface area contributed by atoms with E-state index in [1.54, 1.807) is 7.11 Å². The number of halogens is 1. The summed E-state index contributed by atoms with van der Waals surface area (Å²) >= 11 is 6.23. The van der Waals surface area contributed by atoms with Gasteiger partial charge < -0.3 is 24.0 Å². The van der Waals surface area contributed by atoms with Crippen LogP contribution in [0.4, 0.5) is 5.69 Å². The van der Waals surface area contributed by atoms with Gasteiger partial charge in [0.15, 0.2) is 11.5 Å². The Labute approximate surface area is 187 Å². The fourth-order valence-electron chi connectivity index (χ4n) is 5.38. The zero-order chi connectivity index (χ0) is 21.1. The molecule has 162 valence electrons. The number of benzene rings is 2. The van der Waals surface area contributed by atoms with Crippen LogP contribution >= 0.6 is 11.8 Å². The Morgan fingerprint density at radius 2 is 1.81 bits per heavy atom. The highest BCUT2D eigenvalue weighted by Gasteiger charge is 2.35. The molecule has 0 aromatic heterocycles. The van der Waals surface area contributed by atoms with Crippen LogP contribution in [0.5, 0.6) is 17.2 Å². The summed E-state index contributed by atoms with van der Waals surface area (Å²) in [5.41, 5.74) is 7.66. The van der Waals surface area contributed by atoms with Gasteiger partial charge in [0.25, 0.3) is 0 Å². The van der Waals surface area contributed by atoms with E-state index in [4.69, 9.17) is 26.0 Å². The molecule has 0 spiro atoms. The summed E-state index contributed by atoms with van der Waals surface area (Å²) in [5, 5.41) is 0. The van der Waals surface area contributed by atoms with E-state index in [0.29, 0.717) is 6.79 Å². The van der Waals surface area contributed by atoms with E-state index >= 15 is 0 Å². The van der Waals surface area contributed by atoms with Crippen LogP contribution in [0.2, 0.25) is 0 Å². The summed E-state index contributed by atoms with van der Waals surface area (Å²) in [6, 6.07) is 8.84. The van der Waals surface area contributed by atoms with Crippen LogP contribution in [0, 0.1) is 0 Å². The quantitative estimate of drug-likeness (QED) is 0.655. The molecule has 2 aromatic carbocycles. The SMILES string of the molecule is COc1ccc2c(c1N1CCN(Cl)CC1)[C@@H](C)N1CCc3cc4c(cc3C1=C2)OCO4. The zero-order valence-electron chi connectivity index (χ0n) is 17.9. The van der Waals surface area contributed by atoms with Crippen LogP contribution in [0.25, 0.3) is 11.8 Å². The number of anilines is 1. The van der Waals surface area contributed by atoms with Crippen LogP contribution in [0.15, 0.2) is 24.3 Å². The molecule has 0 saturated carbocycles. The van der Waals surface area contributed by atoms with Crippen molar-refractivity contribution in [3.63, 3.8) is 0 Å². The van der Waals surface area contributed by atoms with E-state index in [0.717, 1.165) is 56.4 Å². The highest BCUT2D eigenvalue weighted by molar-refractivity contribution is 6.13. The first-order valence-electron chi connectivity index (χ1n) is 10.9. The first-order chi connectivity index (χ1) is 15.1. The monoisotopic (exact) mass is 439 g/mol. The lowest BCUT2D eigenvalue weighted by atomic mass is 9.86. The van der Waals surface area contributed by atoms with E-state index in [9.17, 15) is 0 Å². The lowest BCUT2D eigenvalue weighted by molar-refractivity contribution is 0.174. The molecule has 1 atom stereocenters. The summed E-state index contributed by atoms with van der Waals surface area (Å²) in [7, 11) is 1.76. The second-order valence-corrected chi connectivity index (χ2v) is 9.01. The predicted octanol–water partition coefficient (Wildman–Crippen LogP) is 4.13. The highest BCUT2D eigenvalue weighted by Crippen LogP contribution is 2.49. The van der Waals surface area contributed by atoms with E-state index in [2.05, 4.69) is 47.1 Å². The van der Waals surface area contributed by atoms with Gasteiger partial charge in [0.2, 0.25) is 6.79 Å². The minimum atomic E-state index is 0.243. The van der Waals surface area contributed by atoms with Gasteiger partial charge in [0.1, 0.15) is 5.75 Å². The Hall–Kier alpha value is -2.57. The Balaban J connectivity index is 1.49. The Bertz CT molecular complexity index is 1080. The van der Waals surface area contributed by atoms with Gasteiger partial charge in [-0.05, 0) is 60.5 Å². The second-order valence-electron chi connectivity index (χ2n) is 8.53. The average molecular weight is 440 g/mol. The van der Waals surface area contributed by atoms with E-state index < -0.39 is 0 Å². The van der Waals surface area contributed by atoms with Crippen LogP contribution in [-0.4, -0.2) is 55.9 Å². The Morgan fingerprint density at radius 3 is 2.58 bits per heavy atom. The molecule has 4 aliphatic heterocycles. The summed E-state index contributed by atoms with van der Waals surface area (Å²) in [4.78, 5) is 4.95. The molecule has 31 heavy (non-hydrogen) atoms. The van der Waals surface area contributed by atoms with Crippen molar-refractivity contribution >= 4 is 29.2 Å². The Morgan fingerprint density at radius 1 is 1.03 bits per heavy atom. The van der Waals surface area contributed by atoms with Crippen molar-refractivity contribution in [2.24, 2.45) is 0 Å². The maximum atomic E-state index is 6.23. The third-order valence-corrected chi connectivity index (χ3v) is 7.30. The number of piperazine rings is 1. The van der Waals surface area contributed by atoms with Gasteiger partial charge in [-0.3, -0.25) is 0 Å². The lowest BCUT2D eigenvalue weighted by Gasteiger charge is -2.44. The number of methoxy groups -OCH3 is 1.